The number of hydrogen-bond donors (Lipinski definition) is 1. The molecule has 0 saturated carbocycles. The average molecular weight is 287 g/mol. The van der Waals surface area contributed by atoms with Gasteiger partial charge in [0.1, 0.15) is 23.7 Å². The molecule has 1 aromatic heterocycles. The summed E-state index contributed by atoms with van der Waals surface area (Å²) in [5.74, 6) is 0.835. The summed E-state index contributed by atoms with van der Waals surface area (Å²) in [5, 5.41) is 17.4. The quantitative estimate of drug-likeness (QED) is 0.829. The van der Waals surface area contributed by atoms with Crippen LogP contribution in [0.1, 0.15) is 29.4 Å². The molecule has 0 unspecified atom stereocenters. The van der Waals surface area contributed by atoms with Crippen LogP contribution in [0.4, 0.5) is 0 Å². The lowest BCUT2D eigenvalue weighted by molar-refractivity contribution is 0.261. The molecule has 0 saturated heterocycles. The van der Waals surface area contributed by atoms with E-state index in [9.17, 15) is 5.11 Å². The molecule has 0 aliphatic carbocycles. The Bertz CT molecular complexity index is 647. The van der Waals surface area contributed by atoms with Crippen molar-refractivity contribution in [1.82, 2.24) is 15.0 Å². The summed E-state index contributed by atoms with van der Waals surface area (Å²) in [6.07, 6.45) is 0. The number of benzene rings is 1. The van der Waals surface area contributed by atoms with Gasteiger partial charge in [0.15, 0.2) is 0 Å². The molecule has 2 aromatic rings. The standard InChI is InChI=1S/C16H21N3O2/c1-11(2)8-19-15(14(9-20)17-18-19)10-21-16-7-12(3)5-6-13(16)4/h5-7,20H,1,8-10H2,2-4H3. The third-order valence-electron chi connectivity index (χ3n) is 3.20. The first kappa shape index (κ1) is 15.3. The van der Waals surface area contributed by atoms with E-state index in [1.807, 2.05) is 39.0 Å². The maximum absolute atomic E-state index is 9.37. The van der Waals surface area contributed by atoms with Crippen LogP contribution < -0.4 is 4.74 Å². The van der Waals surface area contributed by atoms with Crippen molar-refractivity contribution >= 4 is 0 Å². The SMILES string of the molecule is C=C(C)Cn1nnc(CO)c1COc1cc(C)ccc1C. The fourth-order valence-corrected chi connectivity index (χ4v) is 2.04. The van der Waals surface area contributed by atoms with E-state index in [1.54, 1.807) is 4.68 Å². The molecule has 0 fully saturated rings. The molecule has 112 valence electrons. The second-order valence-electron chi connectivity index (χ2n) is 5.31. The zero-order valence-corrected chi connectivity index (χ0v) is 12.8. The van der Waals surface area contributed by atoms with Crippen molar-refractivity contribution in [2.75, 3.05) is 0 Å². The van der Waals surface area contributed by atoms with Crippen molar-refractivity contribution < 1.29 is 9.84 Å². The van der Waals surface area contributed by atoms with E-state index in [0.717, 1.165) is 28.1 Å². The van der Waals surface area contributed by atoms with Crippen LogP contribution in [0.5, 0.6) is 5.75 Å². The molecule has 1 aromatic carbocycles. The normalized spacial score (nSPS) is 10.7. The molecule has 1 heterocycles. The number of ether oxygens (including phenoxy) is 1. The van der Waals surface area contributed by atoms with Crippen LogP contribution in [0.2, 0.25) is 0 Å². The predicted octanol–water partition coefficient (Wildman–Crippen LogP) is 2.54. The van der Waals surface area contributed by atoms with Gasteiger partial charge in [0.2, 0.25) is 0 Å². The van der Waals surface area contributed by atoms with Gasteiger partial charge >= 0.3 is 0 Å². The summed E-state index contributed by atoms with van der Waals surface area (Å²) in [5.41, 5.74) is 4.51. The van der Waals surface area contributed by atoms with Crippen molar-refractivity contribution in [2.45, 2.75) is 40.5 Å². The van der Waals surface area contributed by atoms with E-state index in [1.165, 1.54) is 0 Å². The molecule has 21 heavy (non-hydrogen) atoms. The number of aryl methyl sites for hydroxylation is 2. The van der Waals surface area contributed by atoms with Gasteiger partial charge in [-0.1, -0.05) is 29.5 Å². The Morgan fingerprint density at radius 3 is 2.81 bits per heavy atom. The molecular formula is C16H21N3O2. The molecular weight excluding hydrogens is 266 g/mol. The minimum atomic E-state index is -0.151. The third-order valence-corrected chi connectivity index (χ3v) is 3.20. The van der Waals surface area contributed by atoms with Gasteiger partial charge in [-0.2, -0.15) is 0 Å². The molecule has 0 amide bonds. The third kappa shape index (κ3) is 3.70. The zero-order chi connectivity index (χ0) is 15.4. The van der Waals surface area contributed by atoms with E-state index in [2.05, 4.69) is 16.9 Å². The van der Waals surface area contributed by atoms with Crippen LogP contribution in [0.25, 0.3) is 0 Å². The highest BCUT2D eigenvalue weighted by Crippen LogP contribution is 2.21. The van der Waals surface area contributed by atoms with Crippen LogP contribution in [-0.4, -0.2) is 20.1 Å². The lowest BCUT2D eigenvalue weighted by Crippen LogP contribution is -2.10. The number of allylic oxidation sites excluding steroid dienone is 1. The summed E-state index contributed by atoms with van der Waals surface area (Å²) >= 11 is 0. The number of hydrogen-bond acceptors (Lipinski definition) is 4. The zero-order valence-electron chi connectivity index (χ0n) is 12.8. The largest absolute Gasteiger partial charge is 0.487 e. The Balaban J connectivity index is 2.20. The minimum absolute atomic E-state index is 0.151. The Kier molecular flexibility index (Phi) is 4.75. The van der Waals surface area contributed by atoms with Crippen LogP contribution in [-0.2, 0) is 19.8 Å². The van der Waals surface area contributed by atoms with Gasteiger partial charge in [-0.15, -0.1) is 5.10 Å². The molecule has 0 aliphatic rings. The Morgan fingerprint density at radius 2 is 2.14 bits per heavy atom. The first-order chi connectivity index (χ1) is 10.0. The van der Waals surface area contributed by atoms with Gasteiger partial charge in [0.05, 0.1) is 13.2 Å². The second-order valence-corrected chi connectivity index (χ2v) is 5.31. The predicted molar refractivity (Wildman–Crippen MR) is 81.0 cm³/mol. The van der Waals surface area contributed by atoms with Crippen LogP contribution >= 0.6 is 0 Å². The molecule has 0 spiro atoms. The number of aromatic nitrogens is 3. The number of nitrogens with zero attached hydrogens (tertiary/aromatic N) is 3. The summed E-state index contributed by atoms with van der Waals surface area (Å²) in [7, 11) is 0. The topological polar surface area (TPSA) is 60.2 Å². The van der Waals surface area contributed by atoms with Crippen LogP contribution in [0, 0.1) is 13.8 Å². The van der Waals surface area contributed by atoms with Crippen molar-refractivity contribution in [3.8, 4) is 5.75 Å². The van der Waals surface area contributed by atoms with Crippen LogP contribution in [0.3, 0.4) is 0 Å². The molecule has 2 rings (SSSR count). The first-order valence-electron chi connectivity index (χ1n) is 6.87. The van der Waals surface area contributed by atoms with Gasteiger partial charge < -0.3 is 9.84 Å². The number of rotatable bonds is 6. The minimum Gasteiger partial charge on any atom is -0.487 e. The van der Waals surface area contributed by atoms with E-state index in [4.69, 9.17) is 4.74 Å². The van der Waals surface area contributed by atoms with Gasteiger partial charge in [0, 0.05) is 0 Å². The molecule has 0 aliphatic heterocycles. The summed E-state index contributed by atoms with van der Waals surface area (Å²) in [4.78, 5) is 0. The average Bonchev–Trinajstić information content (AvgIpc) is 2.81. The fourth-order valence-electron chi connectivity index (χ4n) is 2.04. The lowest BCUT2D eigenvalue weighted by Gasteiger charge is -2.12. The van der Waals surface area contributed by atoms with Gasteiger partial charge in [-0.3, -0.25) is 0 Å². The monoisotopic (exact) mass is 287 g/mol. The molecule has 0 atom stereocenters. The first-order valence-corrected chi connectivity index (χ1v) is 6.87. The van der Waals surface area contributed by atoms with Crippen molar-refractivity contribution in [1.29, 1.82) is 0 Å². The van der Waals surface area contributed by atoms with Crippen molar-refractivity contribution in [3.63, 3.8) is 0 Å². The summed E-state index contributed by atoms with van der Waals surface area (Å²) in [6, 6.07) is 6.08. The molecule has 5 nitrogen and oxygen atoms in total. The van der Waals surface area contributed by atoms with Crippen molar-refractivity contribution in [2.24, 2.45) is 0 Å². The van der Waals surface area contributed by atoms with Crippen LogP contribution in [0.15, 0.2) is 30.4 Å². The molecule has 5 heteroatoms. The van der Waals surface area contributed by atoms with E-state index >= 15 is 0 Å². The fraction of sp³-hybridized carbons (Fsp3) is 0.375. The van der Waals surface area contributed by atoms with Gasteiger partial charge in [-0.05, 0) is 38.0 Å². The Labute approximate surface area is 124 Å². The summed E-state index contributed by atoms with van der Waals surface area (Å²) < 4.78 is 7.61. The van der Waals surface area contributed by atoms with E-state index < -0.39 is 0 Å². The number of aliphatic hydroxyl groups is 1. The number of aliphatic hydroxyl groups excluding tert-OH is 1. The Hall–Kier alpha value is -2.14. The Morgan fingerprint density at radius 1 is 1.38 bits per heavy atom. The molecule has 0 radical (unpaired) electrons. The highest BCUT2D eigenvalue weighted by Gasteiger charge is 2.13. The summed E-state index contributed by atoms with van der Waals surface area (Å²) in [6.45, 7) is 10.6. The highest BCUT2D eigenvalue weighted by atomic mass is 16.5. The highest BCUT2D eigenvalue weighted by molar-refractivity contribution is 5.36. The van der Waals surface area contributed by atoms with Crippen molar-refractivity contribution in [3.05, 3.63) is 52.9 Å². The molecule has 0 bridgehead atoms. The maximum atomic E-state index is 9.37. The van der Waals surface area contributed by atoms with E-state index in [0.29, 0.717) is 18.8 Å². The second kappa shape index (κ2) is 6.54. The maximum Gasteiger partial charge on any atom is 0.132 e. The molecule has 1 N–H and O–H groups in total. The van der Waals surface area contributed by atoms with Gasteiger partial charge in [-0.25, -0.2) is 4.68 Å². The lowest BCUT2D eigenvalue weighted by atomic mass is 10.1. The smallest absolute Gasteiger partial charge is 0.132 e. The van der Waals surface area contributed by atoms with Gasteiger partial charge in [0.25, 0.3) is 0 Å². The van der Waals surface area contributed by atoms with E-state index in [-0.39, 0.29) is 6.61 Å².